The highest BCUT2D eigenvalue weighted by atomic mass is 19.1. The van der Waals surface area contributed by atoms with Gasteiger partial charge >= 0.3 is 5.97 Å². The SMILES string of the molecule is Cc1cccc(C2=N/C(=C\c3cccc(F)c3)C(=O)O2)c1. The van der Waals surface area contributed by atoms with Crippen molar-refractivity contribution in [1.82, 2.24) is 0 Å². The predicted octanol–water partition coefficient (Wildman–Crippen LogP) is 3.48. The number of halogens is 1. The van der Waals surface area contributed by atoms with Crippen LogP contribution in [0.5, 0.6) is 0 Å². The number of rotatable bonds is 2. The Balaban J connectivity index is 1.95. The van der Waals surface area contributed by atoms with Crippen LogP contribution in [0.2, 0.25) is 0 Å². The van der Waals surface area contributed by atoms with Crippen LogP contribution in [-0.2, 0) is 9.53 Å². The van der Waals surface area contributed by atoms with Gasteiger partial charge in [-0.1, -0.05) is 29.8 Å². The topological polar surface area (TPSA) is 38.7 Å². The van der Waals surface area contributed by atoms with Gasteiger partial charge in [-0.25, -0.2) is 14.2 Å². The number of cyclic esters (lactones) is 1. The van der Waals surface area contributed by atoms with Crippen LogP contribution < -0.4 is 0 Å². The maximum absolute atomic E-state index is 13.1. The van der Waals surface area contributed by atoms with Crippen LogP contribution >= 0.6 is 0 Å². The Hall–Kier alpha value is -2.75. The third-order valence-electron chi connectivity index (χ3n) is 3.04. The van der Waals surface area contributed by atoms with E-state index in [9.17, 15) is 9.18 Å². The highest BCUT2D eigenvalue weighted by molar-refractivity contribution is 6.12. The van der Waals surface area contributed by atoms with Gasteiger partial charge in [0.2, 0.25) is 5.90 Å². The summed E-state index contributed by atoms with van der Waals surface area (Å²) in [7, 11) is 0. The molecule has 104 valence electrons. The van der Waals surface area contributed by atoms with Crippen LogP contribution in [0.25, 0.3) is 6.08 Å². The van der Waals surface area contributed by atoms with Gasteiger partial charge in [0.15, 0.2) is 5.70 Å². The molecule has 0 amide bonds. The minimum atomic E-state index is -0.532. The van der Waals surface area contributed by atoms with Crippen LogP contribution in [0, 0.1) is 12.7 Å². The summed E-state index contributed by atoms with van der Waals surface area (Å²) >= 11 is 0. The molecule has 3 rings (SSSR count). The molecule has 0 saturated heterocycles. The molecular weight excluding hydrogens is 269 g/mol. The highest BCUT2D eigenvalue weighted by Crippen LogP contribution is 2.19. The predicted molar refractivity (Wildman–Crippen MR) is 78.2 cm³/mol. The van der Waals surface area contributed by atoms with E-state index in [1.54, 1.807) is 12.1 Å². The summed E-state index contributed by atoms with van der Waals surface area (Å²) in [5.41, 5.74) is 2.52. The van der Waals surface area contributed by atoms with E-state index >= 15 is 0 Å². The number of carbonyl (C=O) groups is 1. The second-order valence-electron chi connectivity index (χ2n) is 4.76. The lowest BCUT2D eigenvalue weighted by atomic mass is 10.1. The zero-order valence-corrected chi connectivity index (χ0v) is 11.3. The molecule has 2 aromatic carbocycles. The quantitative estimate of drug-likeness (QED) is 0.624. The largest absolute Gasteiger partial charge is 0.402 e. The first-order valence-corrected chi connectivity index (χ1v) is 6.47. The lowest BCUT2D eigenvalue weighted by Crippen LogP contribution is -2.05. The number of esters is 1. The van der Waals surface area contributed by atoms with Gasteiger partial charge in [0.25, 0.3) is 0 Å². The zero-order valence-electron chi connectivity index (χ0n) is 11.3. The first-order valence-electron chi connectivity index (χ1n) is 6.47. The Morgan fingerprint density at radius 2 is 1.95 bits per heavy atom. The number of hydrogen-bond acceptors (Lipinski definition) is 3. The average molecular weight is 281 g/mol. The van der Waals surface area contributed by atoms with Crippen LogP contribution in [0.4, 0.5) is 4.39 Å². The second kappa shape index (κ2) is 5.32. The van der Waals surface area contributed by atoms with E-state index in [1.807, 2.05) is 31.2 Å². The summed E-state index contributed by atoms with van der Waals surface area (Å²) < 4.78 is 18.3. The third kappa shape index (κ3) is 2.89. The molecule has 0 spiro atoms. The van der Waals surface area contributed by atoms with Crippen LogP contribution in [0.1, 0.15) is 16.7 Å². The van der Waals surface area contributed by atoms with E-state index in [0.717, 1.165) is 11.1 Å². The van der Waals surface area contributed by atoms with Gasteiger partial charge in [-0.3, -0.25) is 0 Å². The third-order valence-corrected chi connectivity index (χ3v) is 3.04. The van der Waals surface area contributed by atoms with E-state index in [1.165, 1.54) is 18.2 Å². The molecule has 0 aromatic heterocycles. The van der Waals surface area contributed by atoms with Crippen molar-refractivity contribution in [2.45, 2.75) is 6.92 Å². The Bertz CT molecular complexity index is 778. The second-order valence-corrected chi connectivity index (χ2v) is 4.76. The Kier molecular flexibility index (Phi) is 3.36. The lowest BCUT2D eigenvalue weighted by Gasteiger charge is -1.99. The van der Waals surface area contributed by atoms with Crippen LogP contribution in [0.3, 0.4) is 0 Å². The molecule has 0 saturated carbocycles. The molecule has 0 bridgehead atoms. The molecule has 1 aliphatic rings. The van der Waals surface area contributed by atoms with Crippen molar-refractivity contribution in [1.29, 1.82) is 0 Å². The Morgan fingerprint density at radius 3 is 2.71 bits per heavy atom. The zero-order chi connectivity index (χ0) is 14.8. The smallest absolute Gasteiger partial charge is 0.363 e. The molecule has 0 unspecified atom stereocenters. The number of benzene rings is 2. The van der Waals surface area contributed by atoms with E-state index < -0.39 is 5.97 Å². The Labute approximate surface area is 121 Å². The van der Waals surface area contributed by atoms with Gasteiger partial charge in [0.05, 0.1) is 0 Å². The summed E-state index contributed by atoms with van der Waals surface area (Å²) in [6.45, 7) is 1.95. The van der Waals surface area contributed by atoms with Crippen molar-refractivity contribution in [3.63, 3.8) is 0 Å². The van der Waals surface area contributed by atoms with E-state index in [0.29, 0.717) is 5.56 Å². The van der Waals surface area contributed by atoms with E-state index in [-0.39, 0.29) is 17.4 Å². The summed E-state index contributed by atoms with van der Waals surface area (Å²) in [6.07, 6.45) is 1.51. The van der Waals surface area contributed by atoms with Gasteiger partial charge < -0.3 is 4.74 Å². The van der Waals surface area contributed by atoms with Crippen molar-refractivity contribution in [2.75, 3.05) is 0 Å². The minimum absolute atomic E-state index is 0.164. The van der Waals surface area contributed by atoms with Gasteiger partial charge in [0, 0.05) is 5.56 Å². The number of aliphatic imine (C=N–C) groups is 1. The normalized spacial score (nSPS) is 16.0. The van der Waals surface area contributed by atoms with Gasteiger partial charge in [-0.2, -0.15) is 0 Å². The van der Waals surface area contributed by atoms with Crippen molar-refractivity contribution >= 4 is 17.9 Å². The van der Waals surface area contributed by atoms with Crippen molar-refractivity contribution in [3.05, 3.63) is 76.7 Å². The Morgan fingerprint density at radius 1 is 1.14 bits per heavy atom. The molecule has 0 radical (unpaired) electrons. The molecule has 0 fully saturated rings. The van der Waals surface area contributed by atoms with Gasteiger partial charge in [-0.05, 0) is 42.8 Å². The van der Waals surface area contributed by atoms with Gasteiger partial charge in [-0.15, -0.1) is 0 Å². The maximum Gasteiger partial charge on any atom is 0.363 e. The first kappa shape index (κ1) is 13.2. The van der Waals surface area contributed by atoms with Crippen molar-refractivity contribution in [3.8, 4) is 0 Å². The fourth-order valence-electron chi connectivity index (χ4n) is 2.06. The van der Waals surface area contributed by atoms with Gasteiger partial charge in [0.1, 0.15) is 5.82 Å². The number of nitrogens with zero attached hydrogens (tertiary/aromatic N) is 1. The number of aryl methyl sites for hydroxylation is 1. The average Bonchev–Trinajstić information content (AvgIpc) is 2.80. The molecule has 0 N–H and O–H groups in total. The molecule has 0 atom stereocenters. The molecule has 1 heterocycles. The lowest BCUT2D eigenvalue weighted by molar-refractivity contribution is -0.129. The molecule has 0 aliphatic carbocycles. The fourth-order valence-corrected chi connectivity index (χ4v) is 2.06. The number of ether oxygens (including phenoxy) is 1. The highest BCUT2D eigenvalue weighted by Gasteiger charge is 2.24. The minimum Gasteiger partial charge on any atom is -0.402 e. The fraction of sp³-hybridized carbons (Fsp3) is 0.0588. The standard InChI is InChI=1S/C17H12FNO2/c1-11-4-2-6-13(8-11)16-19-15(17(20)21-16)10-12-5-3-7-14(18)9-12/h2-10H,1H3/b15-10-. The molecule has 21 heavy (non-hydrogen) atoms. The van der Waals surface area contributed by atoms with Crippen LogP contribution in [-0.4, -0.2) is 11.9 Å². The molecule has 2 aromatic rings. The van der Waals surface area contributed by atoms with E-state index in [2.05, 4.69) is 4.99 Å². The molecule has 3 nitrogen and oxygen atoms in total. The molecular formula is C17H12FNO2. The molecule has 1 aliphatic heterocycles. The number of hydrogen-bond donors (Lipinski definition) is 0. The monoisotopic (exact) mass is 281 g/mol. The summed E-state index contributed by atoms with van der Waals surface area (Å²) in [5.74, 6) is -0.624. The van der Waals surface area contributed by atoms with Crippen molar-refractivity contribution in [2.24, 2.45) is 4.99 Å². The summed E-state index contributed by atoms with van der Waals surface area (Å²) in [4.78, 5) is 16.0. The maximum atomic E-state index is 13.1. The molecule has 4 heteroatoms. The van der Waals surface area contributed by atoms with E-state index in [4.69, 9.17) is 4.74 Å². The summed E-state index contributed by atoms with van der Waals surface area (Å²) in [6, 6.07) is 13.5. The van der Waals surface area contributed by atoms with Crippen molar-refractivity contribution < 1.29 is 13.9 Å². The number of carbonyl (C=O) groups excluding carboxylic acids is 1. The van der Waals surface area contributed by atoms with Crippen LogP contribution in [0.15, 0.2) is 59.2 Å². The summed E-state index contributed by atoms with van der Waals surface area (Å²) in [5, 5.41) is 0. The first-order chi connectivity index (χ1) is 10.1.